The van der Waals surface area contributed by atoms with E-state index in [1.54, 1.807) is 0 Å². The number of hydrogen-bond donors (Lipinski definition) is 1. The number of nitrogens with zero attached hydrogens (tertiary/aromatic N) is 3. The van der Waals surface area contributed by atoms with E-state index in [-0.39, 0.29) is 5.91 Å². The van der Waals surface area contributed by atoms with E-state index in [0.29, 0.717) is 5.56 Å². The molecule has 2 heterocycles. The van der Waals surface area contributed by atoms with E-state index in [1.165, 1.54) is 43.7 Å². The lowest BCUT2D eigenvalue weighted by molar-refractivity contribution is 0.102. The molecule has 1 aliphatic heterocycles. The zero-order valence-electron chi connectivity index (χ0n) is 11.8. The van der Waals surface area contributed by atoms with Crippen molar-refractivity contribution in [3.63, 3.8) is 0 Å². The van der Waals surface area contributed by atoms with Gasteiger partial charge >= 0.3 is 0 Å². The molecule has 5 heteroatoms. The first-order valence-corrected chi connectivity index (χ1v) is 7.24. The van der Waals surface area contributed by atoms with Crippen LogP contribution < -0.4 is 10.2 Å². The Kier molecular flexibility index (Phi) is 4.09. The van der Waals surface area contributed by atoms with Gasteiger partial charge in [-0.05, 0) is 43.5 Å². The van der Waals surface area contributed by atoms with Crippen molar-refractivity contribution in [3.05, 3.63) is 48.5 Å². The first kappa shape index (κ1) is 13.5. The molecule has 0 atom stereocenters. The fourth-order valence-electron chi connectivity index (χ4n) is 2.53. The Morgan fingerprint density at radius 3 is 2.33 bits per heavy atom. The Labute approximate surface area is 124 Å². The second kappa shape index (κ2) is 6.35. The Balaban J connectivity index is 1.65. The second-order valence-electron chi connectivity index (χ2n) is 5.18. The van der Waals surface area contributed by atoms with Gasteiger partial charge < -0.3 is 10.2 Å². The van der Waals surface area contributed by atoms with E-state index in [4.69, 9.17) is 0 Å². The van der Waals surface area contributed by atoms with Crippen LogP contribution in [0.5, 0.6) is 0 Å². The molecule has 108 valence electrons. The molecule has 1 fully saturated rings. The summed E-state index contributed by atoms with van der Waals surface area (Å²) in [7, 11) is 0. The lowest BCUT2D eigenvalue weighted by Crippen LogP contribution is -2.29. The summed E-state index contributed by atoms with van der Waals surface area (Å²) in [4.78, 5) is 22.1. The van der Waals surface area contributed by atoms with E-state index in [0.717, 1.165) is 18.8 Å². The summed E-state index contributed by atoms with van der Waals surface area (Å²) in [5, 5.41) is 2.85. The fourth-order valence-corrected chi connectivity index (χ4v) is 2.53. The van der Waals surface area contributed by atoms with E-state index >= 15 is 0 Å². The first-order valence-electron chi connectivity index (χ1n) is 7.24. The van der Waals surface area contributed by atoms with E-state index < -0.39 is 0 Å². The van der Waals surface area contributed by atoms with Gasteiger partial charge in [0.2, 0.25) is 0 Å². The molecule has 1 amide bonds. The van der Waals surface area contributed by atoms with Gasteiger partial charge in [-0.1, -0.05) is 0 Å². The highest BCUT2D eigenvalue weighted by atomic mass is 16.1. The third-order valence-electron chi connectivity index (χ3n) is 3.67. The highest BCUT2D eigenvalue weighted by molar-refractivity contribution is 6.03. The average Bonchev–Trinajstić information content (AvgIpc) is 2.57. The van der Waals surface area contributed by atoms with Gasteiger partial charge in [0.05, 0.1) is 5.56 Å². The van der Waals surface area contributed by atoms with Crippen LogP contribution in [-0.4, -0.2) is 29.0 Å². The molecule has 1 saturated heterocycles. The predicted octanol–water partition coefficient (Wildman–Crippen LogP) is 2.72. The molecular formula is C16H18N4O. The van der Waals surface area contributed by atoms with E-state index in [2.05, 4.69) is 32.3 Å². The summed E-state index contributed by atoms with van der Waals surface area (Å²) >= 11 is 0. The molecule has 0 bridgehead atoms. The molecule has 0 radical (unpaired) electrons. The smallest absolute Gasteiger partial charge is 0.258 e. The van der Waals surface area contributed by atoms with Crippen molar-refractivity contribution in [2.24, 2.45) is 0 Å². The summed E-state index contributed by atoms with van der Waals surface area (Å²) in [5.41, 5.74) is 2.46. The highest BCUT2D eigenvalue weighted by Gasteiger charge is 2.11. The van der Waals surface area contributed by atoms with Crippen molar-refractivity contribution < 1.29 is 4.79 Å². The van der Waals surface area contributed by atoms with Gasteiger partial charge in [-0.3, -0.25) is 4.79 Å². The Bertz CT molecular complexity index is 591. The summed E-state index contributed by atoms with van der Waals surface area (Å²) in [6, 6.07) is 7.99. The zero-order valence-corrected chi connectivity index (χ0v) is 11.8. The normalized spacial score (nSPS) is 14.8. The number of hydrogen-bond acceptors (Lipinski definition) is 4. The second-order valence-corrected chi connectivity index (χ2v) is 5.18. The van der Waals surface area contributed by atoms with Gasteiger partial charge in [0.15, 0.2) is 0 Å². The van der Waals surface area contributed by atoms with Crippen LogP contribution in [-0.2, 0) is 0 Å². The van der Waals surface area contributed by atoms with E-state index in [1.807, 2.05) is 12.1 Å². The topological polar surface area (TPSA) is 58.1 Å². The number of carbonyl (C=O) groups excluding carboxylic acids is 1. The van der Waals surface area contributed by atoms with Crippen LogP contribution in [0.1, 0.15) is 29.6 Å². The monoisotopic (exact) mass is 282 g/mol. The van der Waals surface area contributed by atoms with Crippen molar-refractivity contribution in [3.8, 4) is 0 Å². The predicted molar refractivity (Wildman–Crippen MR) is 82.5 cm³/mol. The third-order valence-corrected chi connectivity index (χ3v) is 3.67. The number of nitrogens with one attached hydrogen (secondary N) is 1. The Morgan fingerprint density at radius 2 is 1.67 bits per heavy atom. The van der Waals surface area contributed by atoms with Gasteiger partial charge in [0.25, 0.3) is 5.91 Å². The number of carbonyl (C=O) groups is 1. The van der Waals surface area contributed by atoms with Crippen LogP contribution in [0.25, 0.3) is 0 Å². The quantitative estimate of drug-likeness (QED) is 0.940. The first-order chi connectivity index (χ1) is 10.3. The minimum absolute atomic E-state index is 0.193. The van der Waals surface area contributed by atoms with Crippen LogP contribution >= 0.6 is 0 Å². The van der Waals surface area contributed by atoms with Crippen LogP contribution in [0.4, 0.5) is 11.4 Å². The highest BCUT2D eigenvalue weighted by Crippen LogP contribution is 2.21. The number of piperidine rings is 1. The number of amides is 1. The number of aromatic nitrogens is 2. The molecule has 0 saturated carbocycles. The van der Waals surface area contributed by atoms with Crippen LogP contribution in [0.2, 0.25) is 0 Å². The number of benzene rings is 1. The molecule has 5 nitrogen and oxygen atoms in total. The van der Waals surface area contributed by atoms with Crippen molar-refractivity contribution in [1.29, 1.82) is 0 Å². The molecule has 1 aliphatic rings. The number of anilines is 2. The van der Waals surface area contributed by atoms with Crippen LogP contribution in [0, 0.1) is 0 Å². The van der Waals surface area contributed by atoms with Gasteiger partial charge in [0, 0.05) is 36.9 Å². The van der Waals surface area contributed by atoms with Gasteiger partial charge in [-0.2, -0.15) is 0 Å². The Morgan fingerprint density at radius 1 is 1.00 bits per heavy atom. The van der Waals surface area contributed by atoms with Crippen LogP contribution in [0.15, 0.2) is 43.0 Å². The average molecular weight is 282 g/mol. The van der Waals surface area contributed by atoms with Crippen molar-refractivity contribution in [2.45, 2.75) is 19.3 Å². The largest absolute Gasteiger partial charge is 0.372 e. The zero-order chi connectivity index (χ0) is 14.5. The summed E-state index contributed by atoms with van der Waals surface area (Å²) in [6.07, 6.45) is 8.25. The fraction of sp³-hybridized carbons (Fsp3) is 0.312. The summed E-state index contributed by atoms with van der Waals surface area (Å²) < 4.78 is 0. The maximum Gasteiger partial charge on any atom is 0.258 e. The molecule has 1 N–H and O–H groups in total. The molecule has 2 aromatic rings. The van der Waals surface area contributed by atoms with Gasteiger partial charge in [0.1, 0.15) is 6.33 Å². The molecule has 21 heavy (non-hydrogen) atoms. The van der Waals surface area contributed by atoms with Crippen LogP contribution in [0.3, 0.4) is 0 Å². The lowest BCUT2D eigenvalue weighted by atomic mass is 10.1. The lowest BCUT2D eigenvalue weighted by Gasteiger charge is -2.28. The SMILES string of the molecule is O=C(Nc1ccc(N2CCCCC2)cc1)c1cncnc1. The maximum absolute atomic E-state index is 12.0. The summed E-state index contributed by atoms with van der Waals surface area (Å²) in [5.74, 6) is -0.193. The maximum atomic E-state index is 12.0. The molecule has 3 rings (SSSR count). The molecule has 1 aromatic heterocycles. The minimum atomic E-state index is -0.193. The molecular weight excluding hydrogens is 264 g/mol. The minimum Gasteiger partial charge on any atom is -0.372 e. The molecule has 0 aliphatic carbocycles. The van der Waals surface area contributed by atoms with E-state index in [9.17, 15) is 4.79 Å². The van der Waals surface area contributed by atoms with Gasteiger partial charge in [-0.15, -0.1) is 0 Å². The van der Waals surface area contributed by atoms with Crippen molar-refractivity contribution >= 4 is 17.3 Å². The van der Waals surface area contributed by atoms with Crippen molar-refractivity contribution in [2.75, 3.05) is 23.3 Å². The number of rotatable bonds is 3. The summed E-state index contributed by atoms with van der Waals surface area (Å²) in [6.45, 7) is 2.24. The molecule has 0 spiro atoms. The molecule has 1 aromatic carbocycles. The molecule has 0 unspecified atom stereocenters. The Hall–Kier alpha value is -2.43. The van der Waals surface area contributed by atoms with Crippen molar-refractivity contribution in [1.82, 2.24) is 9.97 Å². The third kappa shape index (κ3) is 3.37. The standard InChI is InChI=1S/C16H18N4O/c21-16(13-10-17-12-18-11-13)19-14-4-6-15(7-5-14)20-8-2-1-3-9-20/h4-7,10-12H,1-3,8-9H2,(H,19,21). The van der Waals surface area contributed by atoms with Gasteiger partial charge in [-0.25, -0.2) is 9.97 Å².